The van der Waals surface area contributed by atoms with Crippen molar-refractivity contribution >= 4 is 39.2 Å². The molecule has 0 radical (unpaired) electrons. The van der Waals surface area contributed by atoms with Crippen molar-refractivity contribution in [3.05, 3.63) is 12.4 Å². The van der Waals surface area contributed by atoms with Crippen molar-refractivity contribution < 1.29 is 3.97 Å². The number of rotatable bonds is 3. The van der Waals surface area contributed by atoms with Crippen LogP contribution >= 0.6 is 39.2 Å². The minimum atomic E-state index is 0.434. The molecular weight excluding hydrogens is 230 g/mol. The number of hydrogen-bond donors (Lipinski definition) is 0. The van der Waals surface area contributed by atoms with Crippen molar-refractivity contribution in [3.63, 3.8) is 0 Å². The van der Waals surface area contributed by atoms with Gasteiger partial charge in [0.05, 0.1) is 18.0 Å². The van der Waals surface area contributed by atoms with Gasteiger partial charge in [0, 0.05) is 21.2 Å². The Morgan fingerprint density at radius 2 is 2.67 bits per heavy atom. The lowest BCUT2D eigenvalue weighted by atomic mass is 11.3. The third kappa shape index (κ3) is 5.21. The van der Waals surface area contributed by atoms with Gasteiger partial charge in [0.15, 0.2) is 0 Å². The zero-order valence-corrected chi connectivity index (χ0v) is 6.95. The summed E-state index contributed by atoms with van der Waals surface area (Å²) >= 11 is 2.06. The number of hydrogen-bond acceptors (Lipinski definition) is 2. The molecule has 0 heterocycles. The molecule has 36 valence electrons. The predicted molar refractivity (Wildman–Crippen MR) is 41.2 cm³/mol. The predicted octanol–water partition coefficient (Wildman–Crippen LogP) is 2.74. The van der Waals surface area contributed by atoms with Crippen LogP contribution in [0.3, 0.4) is 0 Å². The highest BCUT2D eigenvalue weighted by molar-refractivity contribution is 14.2. The van der Waals surface area contributed by atoms with E-state index in [0.717, 1.165) is 0 Å². The van der Waals surface area contributed by atoms with Gasteiger partial charge in [0.25, 0.3) is 0 Å². The van der Waals surface area contributed by atoms with E-state index in [1.165, 1.54) is 9.21 Å². The first kappa shape index (κ1) is 7.21. The highest BCUT2D eigenvalue weighted by Gasteiger charge is 1.71. The van der Waals surface area contributed by atoms with Crippen LogP contribution in [0.25, 0.3) is 0 Å². The minimum absolute atomic E-state index is 0.434. The summed E-state index contributed by atoms with van der Waals surface area (Å²) in [4.78, 5) is 0. The average molecular weight is 234 g/mol. The highest BCUT2D eigenvalue weighted by atomic mass is 127. The van der Waals surface area contributed by atoms with Gasteiger partial charge < -0.3 is 0 Å². The monoisotopic (exact) mass is 234 g/mol. The average Bonchev–Trinajstić information content (AvgIpc) is 1.61. The third-order valence-electron chi connectivity index (χ3n) is 0.163. The molecule has 0 aromatic heterocycles. The van der Waals surface area contributed by atoms with Gasteiger partial charge in [0.1, 0.15) is 0 Å². The van der Waals surface area contributed by atoms with Crippen molar-refractivity contribution in [3.8, 4) is 0 Å². The molecule has 1 unspecified atom stereocenters. The molecule has 6 heavy (non-hydrogen) atoms. The minimum Gasteiger partial charge on any atom is -0.282 e. The maximum absolute atomic E-state index is 4.80. The van der Waals surface area contributed by atoms with E-state index in [1.54, 1.807) is 5.82 Å². The summed E-state index contributed by atoms with van der Waals surface area (Å²) in [5.74, 6) is 1.74. The van der Waals surface area contributed by atoms with Crippen LogP contribution in [0.1, 0.15) is 0 Å². The van der Waals surface area contributed by atoms with Crippen LogP contribution in [0.2, 0.25) is 0 Å². The molecule has 1 atom stereocenters. The van der Waals surface area contributed by atoms with Gasteiger partial charge in [-0.25, -0.2) is 0 Å². The van der Waals surface area contributed by atoms with E-state index in [1.807, 2.05) is 0 Å². The first-order chi connectivity index (χ1) is 2.91. The summed E-state index contributed by atoms with van der Waals surface area (Å²) in [7, 11) is 1.77. The summed E-state index contributed by atoms with van der Waals surface area (Å²) < 4.78 is 4.80. The zero-order chi connectivity index (χ0) is 4.83. The Balaban J connectivity index is 2.49. The summed E-state index contributed by atoms with van der Waals surface area (Å²) in [6.07, 6.45) is 0. The molecule has 0 aromatic carbocycles. The van der Waals surface area contributed by atoms with Crippen molar-refractivity contribution in [1.29, 1.82) is 0 Å². The van der Waals surface area contributed by atoms with Crippen LogP contribution in [0.4, 0.5) is 0 Å². The van der Waals surface area contributed by atoms with Crippen LogP contribution in [0, 0.1) is 0 Å². The smallest absolute Gasteiger partial charge is 0.0688 e. The first-order valence-electron chi connectivity index (χ1n) is 1.22. The standard InChI is InChI=1S/C2H4IOPS/c1-2-5-4-6-3/h2,5H,1H2. The van der Waals surface area contributed by atoms with E-state index < -0.39 is 0 Å². The van der Waals surface area contributed by atoms with Crippen molar-refractivity contribution in [2.75, 3.05) is 0 Å². The highest BCUT2D eigenvalue weighted by Crippen LogP contribution is 2.25. The summed E-state index contributed by atoms with van der Waals surface area (Å²) in [5.41, 5.74) is 0. The summed E-state index contributed by atoms with van der Waals surface area (Å²) in [6.45, 7) is 3.47. The van der Waals surface area contributed by atoms with E-state index >= 15 is 0 Å². The molecule has 0 N–H and O–H groups in total. The molecule has 0 saturated carbocycles. The largest absolute Gasteiger partial charge is 0.282 e. The van der Waals surface area contributed by atoms with Crippen molar-refractivity contribution in [2.24, 2.45) is 0 Å². The zero-order valence-electron chi connectivity index (χ0n) is 2.98. The van der Waals surface area contributed by atoms with Gasteiger partial charge in [-0.05, 0) is 5.82 Å². The number of halogens is 1. The Morgan fingerprint density at radius 1 is 2.00 bits per heavy atom. The Bertz CT molecular complexity index is 42.5. The van der Waals surface area contributed by atoms with Gasteiger partial charge in [-0.2, -0.15) is 0 Å². The van der Waals surface area contributed by atoms with Crippen LogP contribution in [-0.4, -0.2) is 0 Å². The molecular formula is C2H4IOPS. The van der Waals surface area contributed by atoms with E-state index in [4.69, 9.17) is 3.97 Å². The molecule has 0 aliphatic carbocycles. The van der Waals surface area contributed by atoms with E-state index in [2.05, 4.69) is 27.8 Å². The maximum Gasteiger partial charge on any atom is 0.0688 e. The fraction of sp³-hybridized carbons (Fsp3) is 0. The Labute approximate surface area is 55.6 Å². The molecule has 0 spiro atoms. The van der Waals surface area contributed by atoms with Crippen LogP contribution in [0.15, 0.2) is 12.4 Å². The molecule has 0 fully saturated rings. The first-order valence-corrected chi connectivity index (χ1v) is 5.49. The van der Waals surface area contributed by atoms with Crippen LogP contribution < -0.4 is 0 Å². The molecule has 0 aliphatic rings. The molecule has 0 saturated heterocycles. The Morgan fingerprint density at radius 3 is 2.83 bits per heavy atom. The van der Waals surface area contributed by atoms with Gasteiger partial charge >= 0.3 is 0 Å². The second-order valence-corrected chi connectivity index (χ2v) is 2.98. The second-order valence-electron chi connectivity index (χ2n) is 0.468. The molecule has 0 bridgehead atoms. The summed E-state index contributed by atoms with van der Waals surface area (Å²) in [5, 5.41) is 0. The van der Waals surface area contributed by atoms with E-state index in [-0.39, 0.29) is 0 Å². The summed E-state index contributed by atoms with van der Waals surface area (Å²) in [6, 6.07) is 0. The SMILES string of the molecule is C=CPOSI. The van der Waals surface area contributed by atoms with Gasteiger partial charge in [-0.1, -0.05) is 6.58 Å². The van der Waals surface area contributed by atoms with Gasteiger partial charge in [-0.15, -0.1) is 0 Å². The van der Waals surface area contributed by atoms with Crippen molar-refractivity contribution in [2.45, 2.75) is 0 Å². The van der Waals surface area contributed by atoms with Gasteiger partial charge in [-0.3, -0.25) is 3.97 Å². The second kappa shape index (κ2) is 6.21. The Hall–Kier alpha value is 1.21. The van der Waals surface area contributed by atoms with Gasteiger partial charge in [0.2, 0.25) is 0 Å². The molecule has 0 amide bonds. The normalized spacial score (nSPS) is 10.2. The topological polar surface area (TPSA) is 9.23 Å². The van der Waals surface area contributed by atoms with Crippen LogP contribution in [-0.2, 0) is 3.97 Å². The van der Waals surface area contributed by atoms with Crippen molar-refractivity contribution in [1.82, 2.24) is 0 Å². The molecule has 0 aromatic rings. The quantitative estimate of drug-likeness (QED) is 0.321. The van der Waals surface area contributed by atoms with E-state index in [9.17, 15) is 0 Å². The Kier molecular flexibility index (Phi) is 7.46. The van der Waals surface area contributed by atoms with Crippen LogP contribution in [0.5, 0.6) is 0 Å². The lowest BCUT2D eigenvalue weighted by Crippen LogP contribution is -1.39. The fourth-order valence-corrected chi connectivity index (χ4v) is 1.40. The molecule has 0 rings (SSSR count). The molecule has 0 aliphatic heterocycles. The fourth-order valence-electron chi connectivity index (χ4n) is 0.0522. The third-order valence-corrected chi connectivity index (χ3v) is 2.58. The lowest BCUT2D eigenvalue weighted by molar-refractivity contribution is 0.764. The maximum atomic E-state index is 4.80. The van der Waals surface area contributed by atoms with E-state index in [0.29, 0.717) is 8.81 Å². The molecule has 1 nitrogen and oxygen atoms in total. The molecule has 4 heteroatoms. The lowest BCUT2D eigenvalue weighted by Gasteiger charge is -1.83.